The van der Waals surface area contributed by atoms with Crippen LogP contribution in [0.4, 0.5) is 37.0 Å². The molecule has 1 aromatic heterocycles. The van der Waals surface area contributed by atoms with E-state index in [0.717, 1.165) is 18.2 Å². The summed E-state index contributed by atoms with van der Waals surface area (Å²) in [4.78, 5) is 36.4. The van der Waals surface area contributed by atoms with Gasteiger partial charge in [-0.05, 0) is 63.8 Å². The van der Waals surface area contributed by atoms with E-state index in [4.69, 9.17) is 4.74 Å². The van der Waals surface area contributed by atoms with Crippen LogP contribution in [0.15, 0.2) is 40.0 Å². The Morgan fingerprint density at radius 3 is 2.38 bits per heavy atom. The molecule has 4 heterocycles. The predicted octanol–water partition coefficient (Wildman–Crippen LogP) is 6.90. The zero-order chi connectivity index (χ0) is 34.7. The molecule has 0 saturated carbocycles. The number of benzene rings is 2. The summed E-state index contributed by atoms with van der Waals surface area (Å²) in [6.07, 6.45) is -7.29. The number of amides is 1. The topological polar surface area (TPSA) is 70.9 Å². The minimum absolute atomic E-state index is 0.0319. The molecule has 0 unspecified atom stereocenters. The zero-order valence-corrected chi connectivity index (χ0v) is 27.8. The average molecular weight is 698 g/mol. The summed E-state index contributed by atoms with van der Waals surface area (Å²) in [6.45, 7) is 8.21. The number of nitrogens with zero attached hydrogens (tertiary/aromatic N) is 5. The summed E-state index contributed by atoms with van der Waals surface area (Å²) in [5, 5.41) is 0.144. The maximum atomic E-state index is 14.9. The third-order valence-corrected chi connectivity index (χ3v) is 10.2. The largest absolute Gasteiger partial charge is 0.444 e. The standard InChI is InChI=1S/C33H37F6N5O3S/c1-18-13-42(31(46)47-32(2,3)4)9-10-43(18)29-23-12-24(33(37,38)39)26(20-5-7-21(34)8-6-20)28-27(23)44(30(45)40-29)22(17-48-28)11-19-14-41(15-19)16-25(35)36/h5-8,12,18-19,22,25H,9-11,13-17H2,1-4H3/t18-,22-/m0/s1. The fourth-order valence-electron chi connectivity index (χ4n) is 6.93. The van der Waals surface area contributed by atoms with Crippen LogP contribution >= 0.6 is 11.8 Å². The third kappa shape index (κ3) is 6.85. The second kappa shape index (κ2) is 12.8. The Kier molecular flexibility index (Phi) is 9.16. The molecule has 3 aromatic rings. The molecule has 1 amide bonds. The number of halogens is 6. The molecule has 6 rings (SSSR count). The lowest BCUT2D eigenvalue weighted by atomic mass is 9.91. The molecule has 2 aromatic carbocycles. The Morgan fingerprint density at radius 2 is 1.77 bits per heavy atom. The summed E-state index contributed by atoms with van der Waals surface area (Å²) in [5.74, 6) is -0.203. The van der Waals surface area contributed by atoms with Crippen molar-refractivity contribution in [2.45, 2.75) is 69.3 Å². The van der Waals surface area contributed by atoms with Crippen molar-refractivity contribution in [2.75, 3.05) is 49.9 Å². The molecule has 3 aliphatic heterocycles. The highest BCUT2D eigenvalue weighted by Crippen LogP contribution is 2.50. The van der Waals surface area contributed by atoms with Crippen molar-refractivity contribution in [2.24, 2.45) is 5.92 Å². The number of rotatable bonds is 6. The lowest BCUT2D eigenvalue weighted by molar-refractivity contribution is -0.137. The summed E-state index contributed by atoms with van der Waals surface area (Å²) in [5.41, 5.74) is -1.95. The van der Waals surface area contributed by atoms with Crippen LogP contribution in [0.2, 0.25) is 0 Å². The second-order valence-electron chi connectivity index (χ2n) is 13.8. The molecule has 0 spiro atoms. The quantitative estimate of drug-likeness (QED) is 0.260. The number of aromatic nitrogens is 2. The molecule has 48 heavy (non-hydrogen) atoms. The molecule has 3 aliphatic rings. The summed E-state index contributed by atoms with van der Waals surface area (Å²) in [6, 6.07) is 4.96. The van der Waals surface area contributed by atoms with E-state index in [-0.39, 0.29) is 65.1 Å². The van der Waals surface area contributed by atoms with E-state index in [1.807, 2.05) is 0 Å². The average Bonchev–Trinajstić information content (AvgIpc) is 2.96. The number of carbonyl (C=O) groups is 1. The number of anilines is 1. The van der Waals surface area contributed by atoms with Crippen LogP contribution in [-0.4, -0.2) is 88.5 Å². The van der Waals surface area contributed by atoms with Gasteiger partial charge in [-0.1, -0.05) is 12.1 Å². The normalized spacial score (nSPS) is 20.8. The van der Waals surface area contributed by atoms with Crippen LogP contribution in [0.3, 0.4) is 0 Å². The van der Waals surface area contributed by atoms with E-state index in [1.54, 1.807) is 37.5 Å². The fraction of sp³-hybridized carbons (Fsp3) is 0.545. The molecule has 2 fully saturated rings. The smallest absolute Gasteiger partial charge is 0.417 e. The van der Waals surface area contributed by atoms with E-state index in [0.29, 0.717) is 25.0 Å². The Morgan fingerprint density at radius 1 is 1.08 bits per heavy atom. The van der Waals surface area contributed by atoms with Crippen LogP contribution in [0, 0.1) is 11.7 Å². The minimum atomic E-state index is -4.80. The first-order valence-electron chi connectivity index (χ1n) is 15.8. The highest BCUT2D eigenvalue weighted by molar-refractivity contribution is 7.99. The van der Waals surface area contributed by atoms with Gasteiger partial charge in [0.25, 0.3) is 6.43 Å². The van der Waals surface area contributed by atoms with Crippen LogP contribution in [-0.2, 0) is 10.9 Å². The van der Waals surface area contributed by atoms with Crippen molar-refractivity contribution in [1.82, 2.24) is 19.4 Å². The predicted molar refractivity (Wildman–Crippen MR) is 171 cm³/mol. The molecule has 0 N–H and O–H groups in total. The van der Waals surface area contributed by atoms with Crippen LogP contribution in [0.25, 0.3) is 22.0 Å². The van der Waals surface area contributed by atoms with E-state index in [9.17, 15) is 35.9 Å². The number of likely N-dealkylation sites (tertiary alicyclic amines) is 1. The lowest BCUT2D eigenvalue weighted by Crippen LogP contribution is -2.55. The van der Waals surface area contributed by atoms with Crippen molar-refractivity contribution >= 4 is 34.6 Å². The van der Waals surface area contributed by atoms with Crippen molar-refractivity contribution in [3.05, 3.63) is 52.2 Å². The molecule has 2 atom stereocenters. The number of hydrogen-bond donors (Lipinski definition) is 0. The Bertz CT molecular complexity index is 1750. The van der Waals surface area contributed by atoms with Crippen molar-refractivity contribution < 1.29 is 35.9 Å². The number of thioether (sulfide) groups is 1. The monoisotopic (exact) mass is 697 g/mol. The van der Waals surface area contributed by atoms with Gasteiger partial charge in [0.05, 0.1) is 17.6 Å². The highest BCUT2D eigenvalue weighted by Gasteiger charge is 2.41. The highest BCUT2D eigenvalue weighted by atomic mass is 32.2. The van der Waals surface area contributed by atoms with E-state index < -0.39 is 53.5 Å². The number of piperazine rings is 1. The second-order valence-corrected chi connectivity index (χ2v) is 14.8. The SMILES string of the molecule is C[C@H]1CN(C(=O)OC(C)(C)C)CCN1c1nc(=O)n2c3c(c(-c4ccc(F)cc4)c(C(F)(F)F)cc13)SC[C@@H]2CC1CN(CC(F)F)C1. The molecule has 15 heteroatoms. The van der Waals surface area contributed by atoms with Crippen LogP contribution < -0.4 is 10.6 Å². The fourth-order valence-corrected chi connectivity index (χ4v) is 8.29. The van der Waals surface area contributed by atoms with Crippen molar-refractivity contribution in [3.8, 4) is 11.1 Å². The molecule has 2 saturated heterocycles. The molecule has 0 aliphatic carbocycles. The molecule has 8 nitrogen and oxygen atoms in total. The van der Waals surface area contributed by atoms with Gasteiger partial charge in [0.2, 0.25) is 0 Å². The number of hydrogen-bond acceptors (Lipinski definition) is 7. The first-order valence-corrected chi connectivity index (χ1v) is 16.8. The van der Waals surface area contributed by atoms with Crippen LogP contribution in [0.5, 0.6) is 0 Å². The summed E-state index contributed by atoms with van der Waals surface area (Å²) in [7, 11) is 0. The summed E-state index contributed by atoms with van der Waals surface area (Å²) >= 11 is 1.20. The number of carbonyl (C=O) groups excluding carboxylic acids is 1. The van der Waals surface area contributed by atoms with Gasteiger partial charge >= 0.3 is 18.0 Å². The van der Waals surface area contributed by atoms with Gasteiger partial charge in [0.1, 0.15) is 17.2 Å². The Hall–Kier alpha value is -3.46. The van der Waals surface area contributed by atoms with Gasteiger partial charge in [-0.25, -0.2) is 22.8 Å². The van der Waals surface area contributed by atoms with E-state index >= 15 is 0 Å². The molecule has 0 bridgehead atoms. The van der Waals surface area contributed by atoms with Crippen LogP contribution in [0.1, 0.15) is 45.7 Å². The van der Waals surface area contributed by atoms with Crippen molar-refractivity contribution in [3.63, 3.8) is 0 Å². The van der Waals surface area contributed by atoms with Gasteiger partial charge in [-0.3, -0.25) is 9.47 Å². The maximum absolute atomic E-state index is 14.9. The zero-order valence-electron chi connectivity index (χ0n) is 27.0. The first kappa shape index (κ1) is 34.4. The molecular weight excluding hydrogens is 660 g/mol. The van der Waals surface area contributed by atoms with E-state index in [1.165, 1.54) is 33.4 Å². The maximum Gasteiger partial charge on any atom is 0.417 e. The number of alkyl halides is 5. The Labute approximate surface area is 278 Å². The lowest BCUT2D eigenvalue weighted by Gasteiger charge is -2.43. The minimum Gasteiger partial charge on any atom is -0.444 e. The van der Waals surface area contributed by atoms with Gasteiger partial charge in [0, 0.05) is 66.4 Å². The Balaban J connectivity index is 1.47. The van der Waals surface area contributed by atoms with Gasteiger partial charge < -0.3 is 14.5 Å². The van der Waals surface area contributed by atoms with Gasteiger partial charge in [-0.2, -0.15) is 18.2 Å². The van der Waals surface area contributed by atoms with E-state index in [2.05, 4.69) is 4.98 Å². The molecule has 260 valence electrons. The van der Waals surface area contributed by atoms with Crippen molar-refractivity contribution in [1.29, 1.82) is 0 Å². The number of ether oxygens (including phenoxy) is 1. The summed E-state index contributed by atoms with van der Waals surface area (Å²) < 4.78 is 91.4. The van der Waals surface area contributed by atoms with Gasteiger partial charge in [0.15, 0.2) is 0 Å². The first-order chi connectivity index (χ1) is 22.5. The third-order valence-electron chi connectivity index (χ3n) is 8.95. The van der Waals surface area contributed by atoms with Gasteiger partial charge in [-0.15, -0.1) is 11.8 Å². The molecule has 0 radical (unpaired) electrons. The molecular formula is C33H37F6N5O3S.